The highest BCUT2D eigenvalue weighted by Crippen LogP contribution is 2.26. The Bertz CT molecular complexity index is 1110. The van der Waals surface area contributed by atoms with Crippen LogP contribution in [0.25, 0.3) is 11.2 Å². The van der Waals surface area contributed by atoms with Crippen molar-refractivity contribution in [1.29, 1.82) is 0 Å². The molecule has 4 aromatic rings. The number of aromatic nitrogens is 7. The molecule has 1 atom stereocenters. The van der Waals surface area contributed by atoms with Gasteiger partial charge in [0.2, 0.25) is 5.88 Å². The fourth-order valence-electron chi connectivity index (χ4n) is 2.66. The zero-order valence-corrected chi connectivity index (χ0v) is 15.1. The van der Waals surface area contributed by atoms with E-state index in [-0.39, 0.29) is 17.7 Å². The summed E-state index contributed by atoms with van der Waals surface area (Å²) >= 11 is 6.19. The second-order valence-electron chi connectivity index (χ2n) is 5.73. The lowest BCUT2D eigenvalue weighted by Gasteiger charge is -2.14. The van der Waals surface area contributed by atoms with Crippen molar-refractivity contribution in [2.24, 2.45) is 0 Å². The normalized spacial score (nSPS) is 12.5. The molecule has 0 saturated heterocycles. The van der Waals surface area contributed by atoms with E-state index in [1.165, 1.54) is 12.3 Å². The van der Waals surface area contributed by atoms with Crippen molar-refractivity contribution >= 4 is 34.4 Å². The van der Waals surface area contributed by atoms with Gasteiger partial charge in [0.25, 0.3) is 0 Å². The van der Waals surface area contributed by atoms with Gasteiger partial charge in [-0.15, -0.1) is 0 Å². The van der Waals surface area contributed by atoms with Crippen LogP contribution in [-0.4, -0.2) is 41.5 Å². The molecule has 9 nitrogen and oxygen atoms in total. The van der Waals surface area contributed by atoms with Gasteiger partial charge in [-0.25, -0.2) is 24.7 Å². The molecular formula is C16H13ClF2N8O. The second kappa shape index (κ2) is 7.35. The summed E-state index contributed by atoms with van der Waals surface area (Å²) in [6.07, 6.45) is 4.69. The predicted octanol–water partition coefficient (Wildman–Crippen LogP) is 3.55. The summed E-state index contributed by atoms with van der Waals surface area (Å²) in [6, 6.07) is 4.70. The van der Waals surface area contributed by atoms with Crippen LogP contribution in [0.15, 0.2) is 36.8 Å². The van der Waals surface area contributed by atoms with Crippen LogP contribution in [0.4, 0.5) is 20.4 Å². The lowest BCUT2D eigenvalue weighted by Crippen LogP contribution is -2.10. The van der Waals surface area contributed by atoms with Crippen LogP contribution >= 0.6 is 11.6 Å². The van der Waals surface area contributed by atoms with E-state index in [1.54, 1.807) is 23.1 Å². The zero-order valence-electron chi connectivity index (χ0n) is 14.3. The minimum atomic E-state index is -2.94. The summed E-state index contributed by atoms with van der Waals surface area (Å²) in [6.45, 7) is -1.03. The second-order valence-corrected chi connectivity index (χ2v) is 6.09. The lowest BCUT2D eigenvalue weighted by atomic mass is 10.1. The van der Waals surface area contributed by atoms with Gasteiger partial charge < -0.3 is 10.1 Å². The van der Waals surface area contributed by atoms with E-state index < -0.39 is 6.61 Å². The van der Waals surface area contributed by atoms with Gasteiger partial charge in [0, 0.05) is 17.8 Å². The summed E-state index contributed by atoms with van der Waals surface area (Å²) in [7, 11) is 0. The third kappa shape index (κ3) is 3.56. The molecule has 4 heterocycles. The number of anilines is 2. The molecule has 0 saturated carbocycles. The van der Waals surface area contributed by atoms with Gasteiger partial charge in [-0.1, -0.05) is 17.7 Å². The maximum atomic E-state index is 12.2. The fraction of sp³-hybridized carbons (Fsp3) is 0.188. The van der Waals surface area contributed by atoms with Crippen LogP contribution in [-0.2, 0) is 0 Å². The van der Waals surface area contributed by atoms with Crippen molar-refractivity contribution in [2.45, 2.75) is 19.6 Å². The summed E-state index contributed by atoms with van der Waals surface area (Å²) in [5.41, 5.74) is 1.88. The molecule has 1 unspecified atom stereocenters. The predicted molar refractivity (Wildman–Crippen MR) is 96.9 cm³/mol. The van der Waals surface area contributed by atoms with E-state index in [1.807, 2.05) is 13.0 Å². The largest absolute Gasteiger partial charge is 0.417 e. The molecular weight excluding hydrogens is 394 g/mol. The minimum absolute atomic E-state index is 0.170. The van der Waals surface area contributed by atoms with Gasteiger partial charge in [-0.05, 0) is 13.0 Å². The average Bonchev–Trinajstić information content (AvgIpc) is 3.27. The molecule has 144 valence electrons. The standard InChI is InChI=1S/C16H13ClF2N8O/c1-8(9-3-2-4-20-14(9)17)27-15-10(6-22-27)21-7-12(24-15)23-11-5-13(26-25-11)28-16(18)19/h2-8,16H,1H3,(H2,23,24,25,26). The van der Waals surface area contributed by atoms with Crippen LogP contribution in [0, 0.1) is 0 Å². The Balaban J connectivity index is 1.63. The quantitative estimate of drug-likeness (QED) is 0.471. The van der Waals surface area contributed by atoms with Gasteiger partial charge in [0.1, 0.15) is 10.7 Å². The Kier molecular flexibility index (Phi) is 4.74. The summed E-state index contributed by atoms with van der Waals surface area (Å²) in [5.74, 6) is 0.434. The molecule has 0 fully saturated rings. The van der Waals surface area contributed by atoms with E-state index in [0.29, 0.717) is 22.1 Å². The number of ether oxygens (including phenoxy) is 1. The van der Waals surface area contributed by atoms with Crippen LogP contribution in [0.5, 0.6) is 5.88 Å². The number of hydrogen-bond acceptors (Lipinski definition) is 7. The summed E-state index contributed by atoms with van der Waals surface area (Å²) in [5, 5.41) is 13.8. The average molecular weight is 407 g/mol. The van der Waals surface area contributed by atoms with Gasteiger partial charge in [-0.3, -0.25) is 0 Å². The number of rotatable bonds is 6. The SMILES string of the molecule is CC(c1cccnc1Cl)n1ncc2ncc(Nc3cc(OC(F)F)[nH]n3)nc21. The highest BCUT2D eigenvalue weighted by molar-refractivity contribution is 6.30. The van der Waals surface area contributed by atoms with Crippen molar-refractivity contribution in [3.05, 3.63) is 47.5 Å². The van der Waals surface area contributed by atoms with Crippen LogP contribution < -0.4 is 10.1 Å². The molecule has 0 amide bonds. The first-order valence-corrected chi connectivity index (χ1v) is 8.47. The molecule has 12 heteroatoms. The number of aromatic amines is 1. The molecule has 0 aliphatic carbocycles. The van der Waals surface area contributed by atoms with E-state index in [9.17, 15) is 8.78 Å². The number of hydrogen-bond donors (Lipinski definition) is 2. The van der Waals surface area contributed by atoms with E-state index in [0.717, 1.165) is 5.56 Å². The zero-order chi connectivity index (χ0) is 19.7. The third-order valence-electron chi connectivity index (χ3n) is 3.93. The fourth-order valence-corrected chi connectivity index (χ4v) is 2.94. The lowest BCUT2D eigenvalue weighted by molar-refractivity contribution is -0.0528. The summed E-state index contributed by atoms with van der Waals surface area (Å²) < 4.78 is 30.4. The van der Waals surface area contributed by atoms with E-state index in [4.69, 9.17) is 11.6 Å². The molecule has 4 aromatic heterocycles. The van der Waals surface area contributed by atoms with Crippen LogP contribution in [0.2, 0.25) is 5.15 Å². The number of alkyl halides is 2. The van der Waals surface area contributed by atoms with Gasteiger partial charge in [-0.2, -0.15) is 19.0 Å². The molecule has 0 spiro atoms. The number of nitrogens with zero attached hydrogens (tertiary/aromatic N) is 6. The maximum absolute atomic E-state index is 12.2. The maximum Gasteiger partial charge on any atom is 0.388 e. The number of halogens is 3. The first-order valence-electron chi connectivity index (χ1n) is 8.09. The Hall–Kier alpha value is -3.34. The van der Waals surface area contributed by atoms with Crippen molar-refractivity contribution in [2.75, 3.05) is 5.32 Å². The molecule has 0 radical (unpaired) electrons. The Morgan fingerprint density at radius 1 is 1.25 bits per heavy atom. The highest BCUT2D eigenvalue weighted by Gasteiger charge is 2.17. The van der Waals surface area contributed by atoms with Crippen molar-refractivity contribution < 1.29 is 13.5 Å². The Labute approximate surface area is 161 Å². The number of H-pyrrole nitrogens is 1. The minimum Gasteiger partial charge on any atom is -0.417 e. The molecule has 2 N–H and O–H groups in total. The monoisotopic (exact) mass is 406 g/mol. The van der Waals surface area contributed by atoms with Crippen LogP contribution in [0.3, 0.4) is 0 Å². The van der Waals surface area contributed by atoms with E-state index in [2.05, 4.69) is 40.3 Å². The first kappa shape index (κ1) is 18.0. The third-order valence-corrected chi connectivity index (χ3v) is 4.25. The van der Waals surface area contributed by atoms with Gasteiger partial charge in [0.05, 0.1) is 18.4 Å². The Morgan fingerprint density at radius 2 is 2.11 bits per heavy atom. The Morgan fingerprint density at radius 3 is 2.89 bits per heavy atom. The smallest absolute Gasteiger partial charge is 0.388 e. The molecule has 4 rings (SSSR count). The number of nitrogens with one attached hydrogen (secondary N) is 2. The molecule has 0 bridgehead atoms. The first-order chi connectivity index (χ1) is 13.5. The molecule has 0 aliphatic rings. The van der Waals surface area contributed by atoms with Crippen molar-refractivity contribution in [3.63, 3.8) is 0 Å². The highest BCUT2D eigenvalue weighted by atomic mass is 35.5. The van der Waals surface area contributed by atoms with Crippen molar-refractivity contribution in [1.82, 2.24) is 34.9 Å². The summed E-state index contributed by atoms with van der Waals surface area (Å²) in [4.78, 5) is 12.9. The van der Waals surface area contributed by atoms with Gasteiger partial charge in [0.15, 0.2) is 17.3 Å². The van der Waals surface area contributed by atoms with Crippen molar-refractivity contribution in [3.8, 4) is 5.88 Å². The number of fused-ring (bicyclic) bond motifs is 1. The van der Waals surface area contributed by atoms with Gasteiger partial charge >= 0.3 is 6.61 Å². The molecule has 0 aliphatic heterocycles. The molecule has 0 aromatic carbocycles. The topological polar surface area (TPSA) is 106 Å². The molecule has 28 heavy (non-hydrogen) atoms. The van der Waals surface area contributed by atoms with E-state index >= 15 is 0 Å². The number of pyridine rings is 1. The van der Waals surface area contributed by atoms with Crippen LogP contribution in [0.1, 0.15) is 18.5 Å².